The quantitative estimate of drug-likeness (QED) is 0.215. The minimum absolute atomic E-state index is 0.0836. The number of hydrogen-bond donors (Lipinski definition) is 2. The van der Waals surface area contributed by atoms with Crippen molar-refractivity contribution in [3.8, 4) is 0 Å². The summed E-state index contributed by atoms with van der Waals surface area (Å²) in [5.74, 6) is -0.742. The maximum absolute atomic E-state index is 14.0. The number of nitrogens with one attached hydrogen (secondary N) is 1. The molecule has 1 fully saturated rings. The van der Waals surface area contributed by atoms with E-state index in [-0.39, 0.29) is 52.3 Å². The van der Waals surface area contributed by atoms with E-state index in [1.807, 2.05) is 70.3 Å². The van der Waals surface area contributed by atoms with Gasteiger partial charge in [-0.15, -0.1) is 11.3 Å². The van der Waals surface area contributed by atoms with Gasteiger partial charge in [0.25, 0.3) is 0 Å². The zero-order chi connectivity index (χ0) is 34.5. The number of aromatic nitrogens is 1. The van der Waals surface area contributed by atoms with Crippen molar-refractivity contribution < 1.29 is 23.1 Å². The average Bonchev–Trinajstić information content (AvgIpc) is 3.58. The molecule has 0 spiro atoms. The Morgan fingerprint density at radius 2 is 1.77 bits per heavy atom. The lowest BCUT2D eigenvalue weighted by Gasteiger charge is -2.34. The number of hydrogen-bond acceptors (Lipinski definition) is 7. The first-order chi connectivity index (χ1) is 22.2. The highest BCUT2D eigenvalue weighted by atomic mass is 35.5. The molecule has 10 nitrogen and oxygen atoms in total. The molecule has 0 saturated carbocycles. The van der Waals surface area contributed by atoms with Crippen LogP contribution in [0, 0.1) is 18.8 Å². The molecule has 2 aromatic carbocycles. The fourth-order valence-corrected chi connectivity index (χ4v) is 8.70. The van der Waals surface area contributed by atoms with E-state index in [1.165, 1.54) is 33.8 Å². The number of aliphatic hydroxyl groups is 1. The molecular formula is C33H43Cl2N5O5S2. The largest absolute Gasteiger partial charge is 0.390 e. The highest BCUT2D eigenvalue weighted by Gasteiger charge is 2.41. The second-order valence-electron chi connectivity index (χ2n) is 12.6. The van der Waals surface area contributed by atoms with E-state index in [2.05, 4.69) is 10.3 Å². The van der Waals surface area contributed by atoms with Crippen LogP contribution in [0.5, 0.6) is 0 Å². The molecule has 1 aromatic heterocycles. The molecule has 256 valence electrons. The number of amides is 3. The van der Waals surface area contributed by atoms with Crippen molar-refractivity contribution in [2.45, 2.75) is 70.7 Å². The molecule has 3 amide bonds. The van der Waals surface area contributed by atoms with E-state index in [0.29, 0.717) is 19.6 Å². The number of thiazole rings is 1. The maximum Gasteiger partial charge on any atom is 0.321 e. The fraction of sp³-hybridized carbons (Fsp3) is 0.485. The van der Waals surface area contributed by atoms with Crippen molar-refractivity contribution in [1.82, 2.24) is 24.4 Å². The second-order valence-corrected chi connectivity index (χ2v) is 16.3. The van der Waals surface area contributed by atoms with Gasteiger partial charge >= 0.3 is 6.03 Å². The van der Waals surface area contributed by atoms with Gasteiger partial charge in [0.05, 0.1) is 39.4 Å². The van der Waals surface area contributed by atoms with Crippen molar-refractivity contribution in [3.05, 3.63) is 80.2 Å². The Morgan fingerprint density at radius 1 is 1.06 bits per heavy atom. The second kappa shape index (κ2) is 16.1. The van der Waals surface area contributed by atoms with Crippen LogP contribution in [0.25, 0.3) is 0 Å². The SMILES string of the molecule is Cc1nc(CN2CCN([C@H](C(=O)N[C@@H](Cc3ccccc3)[C@H](O)CN(CC(C)C)S(=O)(=O)c3cccc(Cl)c3Cl)C(C)C)C2=O)cs1. The van der Waals surface area contributed by atoms with Crippen LogP contribution < -0.4 is 5.32 Å². The Bertz CT molecular complexity index is 1640. The number of aliphatic hydroxyl groups excluding tert-OH is 1. The van der Waals surface area contributed by atoms with Crippen LogP contribution in [0.1, 0.15) is 44.0 Å². The van der Waals surface area contributed by atoms with Gasteiger partial charge < -0.3 is 20.2 Å². The molecule has 0 unspecified atom stereocenters. The Labute approximate surface area is 291 Å². The summed E-state index contributed by atoms with van der Waals surface area (Å²) in [6, 6.07) is 11.8. The van der Waals surface area contributed by atoms with Gasteiger partial charge in [-0.1, -0.05) is 87.3 Å². The van der Waals surface area contributed by atoms with Gasteiger partial charge in [0.1, 0.15) is 10.9 Å². The number of sulfonamides is 1. The molecule has 1 aliphatic heterocycles. The fourth-order valence-electron chi connectivity index (χ4n) is 5.74. The number of benzene rings is 2. The van der Waals surface area contributed by atoms with Crippen LogP contribution in [0.2, 0.25) is 10.0 Å². The van der Waals surface area contributed by atoms with Gasteiger partial charge in [-0.25, -0.2) is 18.2 Å². The molecule has 0 bridgehead atoms. The number of carbonyl (C=O) groups excluding carboxylic acids is 2. The summed E-state index contributed by atoms with van der Waals surface area (Å²) in [6.45, 7) is 10.4. The van der Waals surface area contributed by atoms with Gasteiger partial charge in [0, 0.05) is 31.6 Å². The van der Waals surface area contributed by atoms with Gasteiger partial charge in [0.2, 0.25) is 15.9 Å². The van der Waals surface area contributed by atoms with Crippen molar-refractivity contribution in [2.75, 3.05) is 26.2 Å². The first-order valence-electron chi connectivity index (χ1n) is 15.6. The Kier molecular flexibility index (Phi) is 12.7. The third-order valence-corrected chi connectivity index (χ3v) is 11.6. The minimum atomic E-state index is -4.18. The molecule has 1 saturated heterocycles. The van der Waals surface area contributed by atoms with E-state index in [9.17, 15) is 23.1 Å². The predicted molar refractivity (Wildman–Crippen MR) is 186 cm³/mol. The van der Waals surface area contributed by atoms with Crippen LogP contribution >= 0.6 is 34.5 Å². The third-order valence-electron chi connectivity index (χ3n) is 7.97. The molecule has 4 rings (SSSR count). The first-order valence-corrected chi connectivity index (χ1v) is 18.7. The smallest absolute Gasteiger partial charge is 0.321 e. The third kappa shape index (κ3) is 9.24. The zero-order valence-electron chi connectivity index (χ0n) is 27.3. The van der Waals surface area contributed by atoms with Crippen LogP contribution in [-0.4, -0.2) is 88.9 Å². The number of halogens is 2. The summed E-state index contributed by atoms with van der Waals surface area (Å²) in [4.78, 5) is 35.1. The molecule has 3 aromatic rings. The maximum atomic E-state index is 14.0. The lowest BCUT2D eigenvalue weighted by Crippen LogP contribution is -2.57. The van der Waals surface area contributed by atoms with Crippen LogP contribution in [0.15, 0.2) is 58.8 Å². The molecule has 3 atom stereocenters. The molecule has 1 aliphatic rings. The average molecular weight is 725 g/mol. The number of carbonyl (C=O) groups is 2. The van der Waals surface area contributed by atoms with Crippen LogP contribution in [0.4, 0.5) is 4.79 Å². The van der Waals surface area contributed by atoms with Crippen molar-refractivity contribution in [1.29, 1.82) is 0 Å². The Balaban J connectivity index is 1.59. The van der Waals surface area contributed by atoms with E-state index >= 15 is 0 Å². The van der Waals surface area contributed by atoms with Gasteiger partial charge in [-0.05, 0) is 42.9 Å². The zero-order valence-corrected chi connectivity index (χ0v) is 30.4. The highest BCUT2D eigenvalue weighted by Crippen LogP contribution is 2.31. The summed E-state index contributed by atoms with van der Waals surface area (Å²) in [7, 11) is -4.18. The number of urea groups is 1. The normalized spacial score (nSPS) is 15.9. The molecule has 14 heteroatoms. The van der Waals surface area contributed by atoms with Crippen molar-refractivity contribution in [3.63, 3.8) is 0 Å². The van der Waals surface area contributed by atoms with Crippen molar-refractivity contribution >= 4 is 56.5 Å². The van der Waals surface area contributed by atoms with Crippen LogP contribution in [0.3, 0.4) is 0 Å². The molecule has 2 N–H and O–H groups in total. The summed E-state index contributed by atoms with van der Waals surface area (Å²) >= 11 is 14.0. The monoisotopic (exact) mass is 723 g/mol. The van der Waals surface area contributed by atoms with E-state index in [1.54, 1.807) is 9.80 Å². The molecule has 47 heavy (non-hydrogen) atoms. The highest BCUT2D eigenvalue weighted by molar-refractivity contribution is 7.89. The minimum Gasteiger partial charge on any atom is -0.390 e. The summed E-state index contributed by atoms with van der Waals surface area (Å²) < 4.78 is 29.0. The van der Waals surface area contributed by atoms with E-state index in [4.69, 9.17) is 23.2 Å². The molecular weight excluding hydrogens is 681 g/mol. The molecule has 0 radical (unpaired) electrons. The predicted octanol–water partition coefficient (Wildman–Crippen LogP) is 5.46. The Hall–Kier alpha value is -2.74. The van der Waals surface area contributed by atoms with E-state index in [0.717, 1.165) is 16.3 Å². The first kappa shape index (κ1) is 37.1. The van der Waals surface area contributed by atoms with Gasteiger partial charge in [0.15, 0.2) is 0 Å². The standard InChI is InChI=1S/C33H43Cl2N5O5S2/c1-21(2)17-39(47(44,45)29-13-9-12-26(34)30(29)35)19-28(41)27(16-24-10-7-6-8-11-24)37-32(42)31(22(3)4)40-15-14-38(33(40)43)18-25-20-46-23(5)36-25/h6-13,20-22,27-28,31,41H,14-19H2,1-5H3,(H,37,42)/t27-,28+,31-/m0/s1. The lowest BCUT2D eigenvalue weighted by molar-refractivity contribution is -0.128. The van der Waals surface area contributed by atoms with Gasteiger partial charge in [-0.3, -0.25) is 4.79 Å². The van der Waals surface area contributed by atoms with Gasteiger partial charge in [-0.2, -0.15) is 4.31 Å². The lowest BCUT2D eigenvalue weighted by atomic mass is 9.97. The Morgan fingerprint density at radius 3 is 2.38 bits per heavy atom. The molecule has 2 heterocycles. The summed E-state index contributed by atoms with van der Waals surface area (Å²) in [5.41, 5.74) is 1.65. The topological polar surface area (TPSA) is 123 Å². The number of aryl methyl sites for hydroxylation is 1. The van der Waals surface area contributed by atoms with E-state index < -0.39 is 34.1 Å². The molecule has 0 aliphatic carbocycles. The van der Waals surface area contributed by atoms with Crippen LogP contribution in [-0.2, 0) is 27.8 Å². The summed E-state index contributed by atoms with van der Waals surface area (Å²) in [5, 5.41) is 17.6. The number of rotatable bonds is 15. The summed E-state index contributed by atoms with van der Waals surface area (Å²) in [6.07, 6.45) is -1.08. The van der Waals surface area contributed by atoms with Crippen molar-refractivity contribution in [2.24, 2.45) is 11.8 Å². The number of nitrogens with zero attached hydrogens (tertiary/aromatic N) is 4.